The molecule has 0 bridgehead atoms. The van der Waals surface area contributed by atoms with E-state index in [1.54, 1.807) is 0 Å². The molecule has 0 N–H and O–H groups in total. The van der Waals surface area contributed by atoms with Gasteiger partial charge >= 0.3 is 0 Å². The number of allylic oxidation sites excluding steroid dienone is 5. The third kappa shape index (κ3) is 6.71. The van der Waals surface area contributed by atoms with E-state index >= 15 is 0 Å². The fourth-order valence-corrected chi connectivity index (χ4v) is 3.25. The Balaban J connectivity index is 0.000000575. The van der Waals surface area contributed by atoms with Crippen LogP contribution in [0.1, 0.15) is 30.5 Å². The van der Waals surface area contributed by atoms with E-state index in [1.165, 1.54) is 33.5 Å². The smallest absolute Gasteiger partial charge is 0.199 e. The highest BCUT2D eigenvalue weighted by Gasteiger charge is 2.13. The zero-order valence-corrected chi connectivity index (χ0v) is 18.2. The van der Waals surface area contributed by atoms with E-state index in [-0.39, 0.29) is 0 Å². The molecule has 0 aliphatic heterocycles. The number of rotatable bonds is 5. The Labute approximate surface area is 180 Å². The molecule has 2 aromatic carbocycles. The van der Waals surface area contributed by atoms with Crippen molar-refractivity contribution in [2.45, 2.75) is 20.8 Å². The van der Waals surface area contributed by atoms with Gasteiger partial charge in [0.05, 0.1) is 11.4 Å². The van der Waals surface area contributed by atoms with E-state index in [2.05, 4.69) is 109 Å². The van der Waals surface area contributed by atoms with E-state index in [4.69, 9.17) is 14.0 Å². The summed E-state index contributed by atoms with van der Waals surface area (Å²) in [6, 6.07) is 19.5. The molecule has 2 aromatic rings. The van der Waals surface area contributed by atoms with Gasteiger partial charge in [-0.15, -0.1) is 0 Å². The third-order valence-electron chi connectivity index (χ3n) is 4.74. The lowest BCUT2D eigenvalue weighted by atomic mass is 9.90. The first kappa shape index (κ1) is 23.6. The van der Waals surface area contributed by atoms with E-state index < -0.39 is 11.4 Å². The fourth-order valence-electron chi connectivity index (χ4n) is 3.25. The van der Waals surface area contributed by atoms with Crippen molar-refractivity contribution >= 4 is 22.6 Å². The van der Waals surface area contributed by atoms with Gasteiger partial charge in [0, 0.05) is 12.2 Å². The van der Waals surface area contributed by atoms with Crippen LogP contribution in [-0.4, -0.2) is 32.1 Å². The van der Waals surface area contributed by atoms with Crippen molar-refractivity contribution < 1.29 is 22.9 Å². The molecule has 1 atom stereocenters. The summed E-state index contributed by atoms with van der Waals surface area (Å²) < 4.78 is 22.5. The maximum absolute atomic E-state index is 8.83. The minimum atomic E-state index is -2.88. The van der Waals surface area contributed by atoms with Gasteiger partial charge in [0.15, 0.2) is 5.71 Å². The molecule has 0 saturated heterocycles. The number of hydrogen-bond acceptors (Lipinski definition) is 4. The monoisotopic (exact) mass is 424 g/mol. The average Bonchev–Trinajstić information content (AvgIpc) is 2.78. The van der Waals surface area contributed by atoms with E-state index in [9.17, 15) is 0 Å². The molecule has 1 aliphatic carbocycles. The second-order valence-electron chi connectivity index (χ2n) is 6.60. The molecule has 0 amide bonds. The van der Waals surface area contributed by atoms with Crippen molar-refractivity contribution in [1.29, 1.82) is 0 Å². The zero-order valence-electron chi connectivity index (χ0n) is 17.4. The Morgan fingerprint density at radius 3 is 1.87 bits per heavy atom. The molecule has 0 fully saturated rings. The first-order chi connectivity index (χ1) is 14.5. The highest BCUT2D eigenvalue weighted by molar-refractivity contribution is 7.73. The second kappa shape index (κ2) is 12.1. The average molecular weight is 425 g/mol. The largest absolute Gasteiger partial charge is 0.750 e. The van der Waals surface area contributed by atoms with Gasteiger partial charge in [-0.05, 0) is 55.2 Å². The standard InChI is InChI=1S/C24H26N.H2O4S/c1-4-25(5-2)23-17-15-22(16-18-23)24(20-9-7-6-8-10-20)21-13-11-19(3)12-14-21;1-4-5(2)3/h6-18H,4-5H2,1-3H3;1H,(H,2,3)/q+1;/p-2. The van der Waals surface area contributed by atoms with E-state index in [0.29, 0.717) is 0 Å². The molecule has 0 saturated carbocycles. The van der Waals surface area contributed by atoms with Gasteiger partial charge in [-0.3, -0.25) is 0 Å². The molecule has 3 rings (SSSR count). The Hall–Kier alpha value is -2.64. The molecule has 6 heteroatoms. The third-order valence-corrected chi connectivity index (χ3v) is 4.85. The van der Waals surface area contributed by atoms with Crippen molar-refractivity contribution in [3.8, 4) is 0 Å². The summed E-state index contributed by atoms with van der Waals surface area (Å²) in [4.78, 5) is 0. The number of benzene rings is 2. The van der Waals surface area contributed by atoms with Crippen LogP contribution in [-0.2, 0) is 15.7 Å². The SMILES string of the molecule is CC[N+](CC)=C1C=CC(=C(c2ccccc2)c2ccc(C)cc2)C=C1.O=S([O-])O[O-]. The van der Waals surface area contributed by atoms with Crippen LogP contribution in [0.5, 0.6) is 0 Å². The van der Waals surface area contributed by atoms with Crippen molar-refractivity contribution in [1.82, 2.24) is 0 Å². The summed E-state index contributed by atoms with van der Waals surface area (Å²) in [7, 11) is 0. The normalized spacial score (nSPS) is 13.5. The van der Waals surface area contributed by atoms with E-state index in [1.807, 2.05) is 0 Å². The Bertz CT molecular complexity index is 950. The molecule has 0 radical (unpaired) electrons. The van der Waals surface area contributed by atoms with Gasteiger partial charge in [0.25, 0.3) is 0 Å². The van der Waals surface area contributed by atoms with Crippen LogP contribution >= 0.6 is 0 Å². The summed E-state index contributed by atoms with van der Waals surface area (Å²) in [6.07, 6.45) is 8.96. The Morgan fingerprint density at radius 1 is 0.900 bits per heavy atom. The van der Waals surface area contributed by atoms with Crippen LogP contribution in [0.25, 0.3) is 5.57 Å². The van der Waals surface area contributed by atoms with Crippen LogP contribution in [0, 0.1) is 6.92 Å². The molecule has 0 spiro atoms. The summed E-state index contributed by atoms with van der Waals surface area (Å²) in [6.45, 7) is 8.59. The van der Waals surface area contributed by atoms with Gasteiger partial charge in [0.2, 0.25) is 0 Å². The molecular weight excluding hydrogens is 398 g/mol. The molecule has 158 valence electrons. The Kier molecular flexibility index (Phi) is 9.57. The molecule has 30 heavy (non-hydrogen) atoms. The summed E-state index contributed by atoms with van der Waals surface area (Å²) in [5.74, 6) is 0. The van der Waals surface area contributed by atoms with Crippen LogP contribution < -0.4 is 5.26 Å². The van der Waals surface area contributed by atoms with Crippen molar-refractivity contribution in [3.05, 3.63) is 101 Å². The molecule has 0 aromatic heterocycles. The maximum atomic E-state index is 8.83. The number of aryl methyl sites for hydroxylation is 1. The van der Waals surface area contributed by atoms with Crippen LogP contribution in [0.15, 0.2) is 84.5 Å². The molecule has 1 unspecified atom stereocenters. The van der Waals surface area contributed by atoms with Crippen LogP contribution in [0.4, 0.5) is 0 Å². The van der Waals surface area contributed by atoms with Crippen molar-refractivity contribution in [2.24, 2.45) is 0 Å². The minimum absolute atomic E-state index is 1.03. The quantitative estimate of drug-likeness (QED) is 0.319. The molecule has 0 heterocycles. The number of nitrogens with zero attached hydrogens (tertiary/aromatic N) is 1. The summed E-state index contributed by atoms with van der Waals surface area (Å²) in [5, 5.41) is 8.52. The van der Waals surface area contributed by atoms with Gasteiger partial charge in [0.1, 0.15) is 13.1 Å². The molecular formula is C24H26NO4S-. The lowest BCUT2D eigenvalue weighted by molar-refractivity contribution is -0.635. The van der Waals surface area contributed by atoms with Crippen molar-refractivity contribution in [2.75, 3.05) is 13.1 Å². The highest BCUT2D eigenvalue weighted by atomic mass is 32.2. The van der Waals surface area contributed by atoms with Gasteiger partial charge in [-0.25, -0.2) is 8.78 Å². The Morgan fingerprint density at radius 2 is 1.40 bits per heavy atom. The van der Waals surface area contributed by atoms with Gasteiger partial charge in [-0.1, -0.05) is 60.2 Å². The summed E-state index contributed by atoms with van der Waals surface area (Å²) in [5.41, 5.74) is 7.62. The first-order valence-corrected chi connectivity index (χ1v) is 10.7. The van der Waals surface area contributed by atoms with Crippen molar-refractivity contribution in [3.63, 3.8) is 0 Å². The van der Waals surface area contributed by atoms with Gasteiger partial charge in [-0.2, -0.15) is 0 Å². The predicted molar refractivity (Wildman–Crippen MR) is 118 cm³/mol. The fraction of sp³-hybridized carbons (Fsp3) is 0.208. The lowest BCUT2D eigenvalue weighted by Gasteiger charge is -2.14. The molecule has 1 aliphatic rings. The van der Waals surface area contributed by atoms with Crippen LogP contribution in [0.2, 0.25) is 0 Å². The maximum Gasteiger partial charge on any atom is 0.199 e. The zero-order chi connectivity index (χ0) is 21.9. The van der Waals surface area contributed by atoms with Crippen LogP contribution in [0.3, 0.4) is 0 Å². The lowest BCUT2D eigenvalue weighted by Crippen LogP contribution is -2.19. The highest BCUT2D eigenvalue weighted by Crippen LogP contribution is 2.29. The van der Waals surface area contributed by atoms with E-state index in [0.717, 1.165) is 13.1 Å². The topological polar surface area (TPSA) is 75.4 Å². The first-order valence-electron chi connectivity index (χ1n) is 9.74. The second-order valence-corrected chi connectivity index (χ2v) is 7.14. The minimum Gasteiger partial charge on any atom is -0.750 e. The molecule has 5 nitrogen and oxygen atoms in total. The van der Waals surface area contributed by atoms with Gasteiger partial charge < -0.3 is 14.1 Å². The summed E-state index contributed by atoms with van der Waals surface area (Å²) >= 11 is -2.88. The predicted octanol–water partition coefficient (Wildman–Crippen LogP) is 3.49. The number of hydrogen-bond donors (Lipinski definition) is 0.